The van der Waals surface area contributed by atoms with Crippen LogP contribution in [0.4, 0.5) is 0 Å². The number of hydrogen-bond acceptors (Lipinski definition) is 6. The van der Waals surface area contributed by atoms with Crippen molar-refractivity contribution in [2.24, 2.45) is 5.41 Å². The molecule has 0 saturated carbocycles. The first-order valence-corrected chi connectivity index (χ1v) is 7.70. The summed E-state index contributed by atoms with van der Waals surface area (Å²) in [5.41, 5.74) is 1.39. The molecule has 1 saturated heterocycles. The van der Waals surface area contributed by atoms with E-state index in [9.17, 15) is 14.7 Å². The molecule has 1 atom stereocenters. The molecular weight excluding hydrogens is 292 g/mol. The summed E-state index contributed by atoms with van der Waals surface area (Å²) in [5.74, 6) is -0.738. The van der Waals surface area contributed by atoms with E-state index >= 15 is 0 Å². The zero-order valence-electron chi connectivity index (χ0n) is 11.7. The Morgan fingerprint density at radius 1 is 1.57 bits per heavy atom. The van der Waals surface area contributed by atoms with Crippen LogP contribution in [0.5, 0.6) is 0 Å². The average Bonchev–Trinajstić information content (AvgIpc) is 3.06. The van der Waals surface area contributed by atoms with Crippen LogP contribution < -0.4 is 5.56 Å². The van der Waals surface area contributed by atoms with Crippen LogP contribution in [0.25, 0.3) is 4.96 Å². The number of fused-ring (bicyclic) bond motifs is 1. The minimum atomic E-state index is -0.738. The summed E-state index contributed by atoms with van der Waals surface area (Å²) in [7, 11) is 0. The van der Waals surface area contributed by atoms with Crippen LogP contribution in [0, 0.1) is 5.41 Å². The van der Waals surface area contributed by atoms with Crippen molar-refractivity contribution in [1.29, 1.82) is 0 Å². The van der Waals surface area contributed by atoms with Crippen LogP contribution in [-0.2, 0) is 11.3 Å². The molecule has 7 nitrogen and oxygen atoms in total. The summed E-state index contributed by atoms with van der Waals surface area (Å²) < 4.78 is 1.27. The molecule has 0 aliphatic carbocycles. The summed E-state index contributed by atoms with van der Waals surface area (Å²) in [6.45, 7) is 3.62. The Morgan fingerprint density at radius 2 is 2.38 bits per heavy atom. The molecule has 0 bridgehead atoms. The summed E-state index contributed by atoms with van der Waals surface area (Å²) >= 11 is 1.31. The highest BCUT2D eigenvalue weighted by atomic mass is 32.1. The lowest BCUT2D eigenvalue weighted by Gasteiger charge is -2.22. The van der Waals surface area contributed by atoms with E-state index in [1.807, 2.05) is 6.92 Å². The number of hydrogen-bond donors (Lipinski definition) is 1. The van der Waals surface area contributed by atoms with E-state index in [-0.39, 0.29) is 5.56 Å². The monoisotopic (exact) mass is 308 g/mol. The molecular formula is C13H16N4O3S. The summed E-state index contributed by atoms with van der Waals surface area (Å²) in [5, 5.41) is 13.3. The highest BCUT2D eigenvalue weighted by molar-refractivity contribution is 7.14. The largest absolute Gasteiger partial charge is 0.481 e. The van der Waals surface area contributed by atoms with Gasteiger partial charge in [0.2, 0.25) is 4.96 Å². The number of aliphatic carboxylic acids is 1. The van der Waals surface area contributed by atoms with E-state index in [0.717, 1.165) is 0 Å². The quantitative estimate of drug-likeness (QED) is 0.900. The topological polar surface area (TPSA) is 87.8 Å². The molecule has 0 amide bonds. The Hall–Kier alpha value is -1.80. The van der Waals surface area contributed by atoms with E-state index in [4.69, 9.17) is 0 Å². The lowest BCUT2D eigenvalue weighted by atomic mass is 9.84. The van der Waals surface area contributed by atoms with Gasteiger partial charge in [-0.15, -0.1) is 0 Å². The second kappa shape index (κ2) is 5.19. The lowest BCUT2D eigenvalue weighted by molar-refractivity contribution is -0.148. The van der Waals surface area contributed by atoms with E-state index < -0.39 is 11.4 Å². The Morgan fingerprint density at radius 3 is 3.05 bits per heavy atom. The van der Waals surface area contributed by atoms with Crippen LogP contribution >= 0.6 is 11.3 Å². The minimum Gasteiger partial charge on any atom is -0.481 e. The third-order valence-electron chi connectivity index (χ3n) is 4.19. The van der Waals surface area contributed by atoms with Gasteiger partial charge in [0.1, 0.15) is 5.51 Å². The average molecular weight is 308 g/mol. The molecule has 1 unspecified atom stereocenters. The van der Waals surface area contributed by atoms with Crippen molar-refractivity contribution in [2.45, 2.75) is 26.3 Å². The molecule has 0 spiro atoms. The maximum Gasteiger partial charge on any atom is 0.310 e. The normalized spacial score (nSPS) is 22.9. The minimum absolute atomic E-state index is 0.199. The molecule has 1 N–H and O–H groups in total. The number of carboxylic acid groups (broad SMARTS) is 1. The van der Waals surface area contributed by atoms with Crippen molar-refractivity contribution in [3.63, 3.8) is 0 Å². The van der Waals surface area contributed by atoms with E-state index in [2.05, 4.69) is 15.0 Å². The maximum atomic E-state index is 11.9. The van der Waals surface area contributed by atoms with Gasteiger partial charge >= 0.3 is 5.97 Å². The first-order valence-electron chi connectivity index (χ1n) is 6.82. The van der Waals surface area contributed by atoms with Crippen molar-refractivity contribution in [1.82, 2.24) is 19.5 Å². The van der Waals surface area contributed by atoms with Gasteiger partial charge in [0.25, 0.3) is 5.56 Å². The van der Waals surface area contributed by atoms with Gasteiger partial charge in [-0.3, -0.25) is 14.5 Å². The fraction of sp³-hybridized carbons (Fsp3) is 0.538. The standard InChI is InChI=1S/C13H16N4O3S/c1-2-13(11(19)20)3-4-16(7-13)6-9-5-10(18)17-12(15-9)21-8-14-17/h5,8H,2-4,6-7H2,1H3,(H,19,20). The van der Waals surface area contributed by atoms with Gasteiger partial charge in [-0.25, -0.2) is 4.98 Å². The molecule has 2 aromatic heterocycles. The van der Waals surface area contributed by atoms with Crippen molar-refractivity contribution in [2.75, 3.05) is 13.1 Å². The van der Waals surface area contributed by atoms with Crippen LogP contribution in [0.1, 0.15) is 25.5 Å². The van der Waals surface area contributed by atoms with Gasteiger partial charge in [0.05, 0.1) is 11.1 Å². The molecule has 0 aromatic carbocycles. The molecule has 1 aliphatic rings. The number of aromatic nitrogens is 3. The van der Waals surface area contributed by atoms with Gasteiger partial charge in [0, 0.05) is 19.2 Å². The molecule has 112 valence electrons. The van der Waals surface area contributed by atoms with Crippen LogP contribution in [0.2, 0.25) is 0 Å². The van der Waals surface area contributed by atoms with E-state index in [0.29, 0.717) is 43.1 Å². The molecule has 8 heteroatoms. The second-order valence-electron chi connectivity index (χ2n) is 5.42. The van der Waals surface area contributed by atoms with E-state index in [1.165, 1.54) is 21.9 Å². The number of nitrogens with zero attached hydrogens (tertiary/aromatic N) is 4. The summed E-state index contributed by atoms with van der Waals surface area (Å²) in [6.07, 6.45) is 1.25. The first kappa shape index (κ1) is 14.2. The van der Waals surface area contributed by atoms with Crippen LogP contribution in [0.3, 0.4) is 0 Å². The van der Waals surface area contributed by atoms with Gasteiger partial charge in [0.15, 0.2) is 0 Å². The third-order valence-corrected chi connectivity index (χ3v) is 4.86. The smallest absolute Gasteiger partial charge is 0.310 e. The predicted octanol–water partition coefficient (Wildman–Crippen LogP) is 0.838. The SMILES string of the molecule is CCC1(C(=O)O)CCN(Cc2cc(=O)n3ncsc3n2)C1. The molecule has 3 heterocycles. The first-order chi connectivity index (χ1) is 10.0. The fourth-order valence-corrected chi connectivity index (χ4v) is 3.46. The van der Waals surface area contributed by atoms with Crippen LogP contribution in [-0.4, -0.2) is 43.7 Å². The number of rotatable bonds is 4. The van der Waals surface area contributed by atoms with Gasteiger partial charge in [-0.05, 0) is 19.4 Å². The summed E-state index contributed by atoms with van der Waals surface area (Å²) in [6, 6.07) is 1.47. The zero-order chi connectivity index (χ0) is 15.0. The maximum absolute atomic E-state index is 11.9. The number of carboxylic acids is 1. The van der Waals surface area contributed by atoms with Crippen LogP contribution in [0.15, 0.2) is 16.4 Å². The molecule has 1 fully saturated rings. The number of carbonyl (C=O) groups is 1. The molecule has 2 aromatic rings. The van der Waals surface area contributed by atoms with Crippen molar-refractivity contribution in [3.8, 4) is 0 Å². The fourth-order valence-electron chi connectivity index (χ4n) is 2.82. The van der Waals surface area contributed by atoms with Gasteiger partial charge < -0.3 is 5.11 Å². The van der Waals surface area contributed by atoms with Gasteiger partial charge in [-0.2, -0.15) is 9.61 Å². The highest BCUT2D eigenvalue weighted by Crippen LogP contribution is 2.34. The predicted molar refractivity (Wildman–Crippen MR) is 77.4 cm³/mol. The Bertz CT molecular complexity index is 740. The van der Waals surface area contributed by atoms with Crippen molar-refractivity contribution < 1.29 is 9.90 Å². The number of likely N-dealkylation sites (tertiary alicyclic amines) is 1. The highest BCUT2D eigenvalue weighted by Gasteiger charge is 2.43. The third kappa shape index (κ3) is 2.44. The van der Waals surface area contributed by atoms with E-state index in [1.54, 1.807) is 5.51 Å². The molecule has 3 rings (SSSR count). The van der Waals surface area contributed by atoms with Crippen molar-refractivity contribution in [3.05, 3.63) is 27.6 Å². The second-order valence-corrected chi connectivity index (χ2v) is 6.23. The Labute approximate surface area is 124 Å². The molecule has 0 radical (unpaired) electrons. The zero-order valence-corrected chi connectivity index (χ0v) is 12.5. The molecule has 1 aliphatic heterocycles. The van der Waals surface area contributed by atoms with Gasteiger partial charge in [-0.1, -0.05) is 18.3 Å². The lowest BCUT2D eigenvalue weighted by Crippen LogP contribution is -2.34. The Balaban J connectivity index is 1.80. The Kier molecular flexibility index (Phi) is 3.50. The summed E-state index contributed by atoms with van der Waals surface area (Å²) in [4.78, 5) is 30.4. The van der Waals surface area contributed by atoms with Crippen molar-refractivity contribution >= 4 is 22.3 Å². The molecule has 21 heavy (non-hydrogen) atoms.